The van der Waals surface area contributed by atoms with E-state index in [0.717, 1.165) is 10.3 Å². The van der Waals surface area contributed by atoms with Crippen molar-refractivity contribution in [1.29, 1.82) is 0 Å². The van der Waals surface area contributed by atoms with Crippen LogP contribution in [0.1, 0.15) is 5.56 Å². The molecule has 0 unspecified atom stereocenters. The molecule has 0 saturated carbocycles. The van der Waals surface area contributed by atoms with E-state index in [1.807, 2.05) is 12.1 Å². The number of thiazole rings is 1. The molecule has 3 aromatic rings. The Bertz CT molecular complexity index is 988. The van der Waals surface area contributed by atoms with Gasteiger partial charge in [0.1, 0.15) is 5.82 Å². The number of para-hydroxylation sites is 1. The summed E-state index contributed by atoms with van der Waals surface area (Å²) in [5.74, 6) is -0.755. The summed E-state index contributed by atoms with van der Waals surface area (Å²) >= 11 is 7.29. The van der Waals surface area contributed by atoms with Crippen molar-refractivity contribution < 1.29 is 9.18 Å². The van der Waals surface area contributed by atoms with Gasteiger partial charge < -0.3 is 4.57 Å². The number of hydrogen-bond acceptors (Lipinski definition) is 2. The first-order valence-electron chi connectivity index (χ1n) is 6.81. The molecule has 6 heteroatoms. The van der Waals surface area contributed by atoms with Crippen LogP contribution in [0.2, 0.25) is 5.02 Å². The van der Waals surface area contributed by atoms with Gasteiger partial charge >= 0.3 is 0 Å². The van der Waals surface area contributed by atoms with Crippen LogP contribution in [0.15, 0.2) is 53.5 Å². The number of nitrogens with zero attached hydrogens (tertiary/aromatic N) is 2. The largest absolute Gasteiger partial charge is 0.317 e. The van der Waals surface area contributed by atoms with Gasteiger partial charge in [0.25, 0.3) is 5.91 Å². The molecule has 3 rings (SSSR count). The lowest BCUT2D eigenvalue weighted by Crippen LogP contribution is -2.12. The van der Waals surface area contributed by atoms with Crippen LogP contribution >= 0.6 is 22.9 Å². The lowest BCUT2D eigenvalue weighted by Gasteiger charge is -1.96. The minimum absolute atomic E-state index is 0.332. The van der Waals surface area contributed by atoms with Gasteiger partial charge in [-0.3, -0.25) is 4.79 Å². The van der Waals surface area contributed by atoms with Gasteiger partial charge in [0.2, 0.25) is 0 Å². The van der Waals surface area contributed by atoms with Crippen LogP contribution in [0.3, 0.4) is 0 Å². The molecule has 0 aliphatic rings. The highest BCUT2D eigenvalue weighted by molar-refractivity contribution is 7.16. The fraction of sp³-hybridized carbons (Fsp3) is 0.0588. The van der Waals surface area contributed by atoms with Crippen molar-refractivity contribution in [2.75, 3.05) is 0 Å². The van der Waals surface area contributed by atoms with Gasteiger partial charge in [-0.2, -0.15) is 4.99 Å². The molecule has 0 saturated heterocycles. The van der Waals surface area contributed by atoms with Gasteiger partial charge in [-0.1, -0.05) is 47.2 Å². The summed E-state index contributed by atoms with van der Waals surface area (Å²) in [7, 11) is 1.69. The van der Waals surface area contributed by atoms with Gasteiger partial charge in [-0.25, -0.2) is 4.39 Å². The van der Waals surface area contributed by atoms with E-state index >= 15 is 0 Å². The zero-order valence-electron chi connectivity index (χ0n) is 12.2. The average molecular weight is 347 g/mol. The van der Waals surface area contributed by atoms with E-state index in [1.165, 1.54) is 23.5 Å². The second kappa shape index (κ2) is 6.48. The molecule has 2 aromatic carbocycles. The first-order chi connectivity index (χ1) is 11.1. The predicted molar refractivity (Wildman–Crippen MR) is 91.8 cm³/mol. The van der Waals surface area contributed by atoms with Crippen molar-refractivity contribution in [3.8, 4) is 0 Å². The van der Waals surface area contributed by atoms with E-state index < -0.39 is 5.91 Å². The Labute approximate surface area is 141 Å². The highest BCUT2D eigenvalue weighted by Crippen LogP contribution is 2.19. The Morgan fingerprint density at radius 1 is 1.26 bits per heavy atom. The van der Waals surface area contributed by atoms with Crippen LogP contribution in [-0.4, -0.2) is 10.5 Å². The molecule has 0 fully saturated rings. The molecule has 0 bridgehead atoms. The summed E-state index contributed by atoms with van der Waals surface area (Å²) in [6, 6.07) is 12.0. The molecular weight excluding hydrogens is 335 g/mol. The molecular formula is C17H12ClFN2OS. The monoisotopic (exact) mass is 346 g/mol. The number of rotatable bonds is 2. The summed E-state index contributed by atoms with van der Waals surface area (Å²) in [6.07, 6.45) is 2.96. The van der Waals surface area contributed by atoms with Crippen molar-refractivity contribution in [2.45, 2.75) is 0 Å². The van der Waals surface area contributed by atoms with Crippen molar-refractivity contribution in [1.82, 2.24) is 4.57 Å². The van der Waals surface area contributed by atoms with Gasteiger partial charge in [-0.15, -0.1) is 0 Å². The fourth-order valence-electron chi connectivity index (χ4n) is 2.17. The molecule has 0 aliphatic carbocycles. The van der Waals surface area contributed by atoms with Crippen molar-refractivity contribution in [2.24, 2.45) is 12.0 Å². The number of amides is 1. The number of benzene rings is 2. The molecule has 0 N–H and O–H groups in total. The highest BCUT2D eigenvalue weighted by Gasteiger charge is 2.08. The van der Waals surface area contributed by atoms with Gasteiger partial charge in [0, 0.05) is 18.1 Å². The second-order valence-electron chi connectivity index (χ2n) is 4.84. The molecule has 0 atom stereocenters. The number of carbonyl (C=O) groups is 1. The maximum atomic E-state index is 13.8. The second-order valence-corrected chi connectivity index (χ2v) is 6.25. The first kappa shape index (κ1) is 15.6. The lowest BCUT2D eigenvalue weighted by atomic mass is 10.2. The predicted octanol–water partition coefficient (Wildman–Crippen LogP) is 4.17. The van der Waals surface area contributed by atoms with Gasteiger partial charge in [-0.05, 0) is 29.8 Å². The molecule has 1 heterocycles. The number of aryl methyl sites for hydroxylation is 1. The van der Waals surface area contributed by atoms with Crippen LogP contribution in [0.4, 0.5) is 4.39 Å². The standard InChI is InChI=1S/C17H12ClFN2OS/c1-21-16-13(19)7-4-8-14(16)23-17(21)20-15(22)10-9-11-5-2-3-6-12(11)18/h2-10H,1H3. The van der Waals surface area contributed by atoms with Crippen LogP contribution in [0, 0.1) is 5.82 Å². The summed E-state index contributed by atoms with van der Waals surface area (Å²) in [6.45, 7) is 0. The highest BCUT2D eigenvalue weighted by atomic mass is 35.5. The molecule has 23 heavy (non-hydrogen) atoms. The zero-order valence-corrected chi connectivity index (χ0v) is 13.7. The van der Waals surface area contributed by atoms with E-state index in [4.69, 9.17) is 11.6 Å². The minimum Gasteiger partial charge on any atom is -0.317 e. The van der Waals surface area contributed by atoms with E-state index in [0.29, 0.717) is 15.3 Å². The van der Waals surface area contributed by atoms with Crippen LogP contribution in [0.25, 0.3) is 16.3 Å². The molecule has 0 aliphatic heterocycles. The minimum atomic E-state index is -0.424. The molecule has 3 nitrogen and oxygen atoms in total. The van der Waals surface area contributed by atoms with Crippen LogP contribution in [0.5, 0.6) is 0 Å². The van der Waals surface area contributed by atoms with Crippen molar-refractivity contribution in [3.63, 3.8) is 0 Å². The zero-order chi connectivity index (χ0) is 16.4. The Balaban J connectivity index is 1.96. The summed E-state index contributed by atoms with van der Waals surface area (Å²) in [4.78, 5) is 16.5. The van der Waals surface area contributed by atoms with Crippen molar-refractivity contribution in [3.05, 3.63) is 69.7 Å². The molecule has 116 valence electrons. The number of fused-ring (bicyclic) bond motifs is 1. The summed E-state index contributed by atoms with van der Waals surface area (Å²) in [5, 5.41) is 0.561. The van der Waals surface area contributed by atoms with Crippen LogP contribution in [-0.2, 0) is 11.8 Å². The Kier molecular flexibility index (Phi) is 4.41. The topological polar surface area (TPSA) is 34.4 Å². The molecule has 0 radical (unpaired) electrons. The number of aromatic nitrogens is 1. The number of hydrogen-bond donors (Lipinski definition) is 0. The number of halogens is 2. The third-order valence-corrected chi connectivity index (χ3v) is 4.73. The van der Waals surface area contributed by atoms with E-state index in [2.05, 4.69) is 4.99 Å². The maximum Gasteiger partial charge on any atom is 0.272 e. The fourth-order valence-corrected chi connectivity index (χ4v) is 3.40. The Morgan fingerprint density at radius 3 is 2.78 bits per heavy atom. The molecule has 1 aromatic heterocycles. The normalized spacial score (nSPS) is 12.4. The summed E-state index contributed by atoms with van der Waals surface area (Å²) < 4.78 is 16.2. The maximum absolute atomic E-state index is 13.8. The average Bonchev–Trinajstić information content (AvgIpc) is 2.84. The molecule has 0 spiro atoms. The quantitative estimate of drug-likeness (QED) is 0.641. The first-order valence-corrected chi connectivity index (χ1v) is 8.01. The smallest absolute Gasteiger partial charge is 0.272 e. The van der Waals surface area contributed by atoms with E-state index in [-0.39, 0.29) is 5.82 Å². The van der Waals surface area contributed by atoms with Gasteiger partial charge in [0.15, 0.2) is 4.80 Å². The van der Waals surface area contributed by atoms with Crippen LogP contribution < -0.4 is 4.80 Å². The Morgan fingerprint density at radius 2 is 2.04 bits per heavy atom. The lowest BCUT2D eigenvalue weighted by molar-refractivity contribution is -0.113. The summed E-state index contributed by atoms with van der Waals surface area (Å²) in [5.41, 5.74) is 1.18. The molecule has 1 amide bonds. The van der Waals surface area contributed by atoms with E-state index in [1.54, 1.807) is 42.0 Å². The Hall–Kier alpha value is -2.24. The van der Waals surface area contributed by atoms with Gasteiger partial charge in [0.05, 0.1) is 10.2 Å². The third-order valence-electron chi connectivity index (χ3n) is 3.29. The SMILES string of the molecule is Cn1c(=NC(=O)C=Cc2ccccc2Cl)sc2cccc(F)c21. The number of carbonyl (C=O) groups excluding carboxylic acids is 1. The van der Waals surface area contributed by atoms with Crippen molar-refractivity contribution >= 4 is 45.1 Å². The third kappa shape index (κ3) is 3.25. The van der Waals surface area contributed by atoms with E-state index in [9.17, 15) is 9.18 Å².